The lowest BCUT2D eigenvalue weighted by Gasteiger charge is -2.12. The Kier molecular flexibility index (Phi) is 4.41. The number of carbonyl (C=O) groups is 1. The van der Waals surface area contributed by atoms with Crippen molar-refractivity contribution in [2.45, 2.75) is 12.8 Å². The standard InChI is InChI=1S/C17H18FN5O/c1-12(16-21-20-11-22(16)2)10-19-17(24)13-5-6-15(14(18)9-13)23-7-3-4-8-23/h3-9,11-12H,10H2,1-2H3,(H,19,24). The lowest BCUT2D eigenvalue weighted by Crippen LogP contribution is -2.28. The summed E-state index contributed by atoms with van der Waals surface area (Å²) in [7, 11) is 1.85. The van der Waals surface area contributed by atoms with Crippen LogP contribution in [0.3, 0.4) is 0 Å². The van der Waals surface area contributed by atoms with Crippen LogP contribution in [-0.2, 0) is 7.05 Å². The van der Waals surface area contributed by atoms with E-state index in [9.17, 15) is 9.18 Å². The van der Waals surface area contributed by atoms with E-state index in [-0.39, 0.29) is 17.4 Å². The average Bonchev–Trinajstić information content (AvgIpc) is 3.23. The van der Waals surface area contributed by atoms with Gasteiger partial charge in [0.1, 0.15) is 18.0 Å². The number of benzene rings is 1. The van der Waals surface area contributed by atoms with E-state index in [1.54, 1.807) is 35.4 Å². The maximum Gasteiger partial charge on any atom is 0.251 e. The van der Waals surface area contributed by atoms with Crippen LogP contribution in [0.1, 0.15) is 29.0 Å². The molecule has 0 saturated heterocycles. The minimum absolute atomic E-state index is 0.00504. The Morgan fingerprint density at radius 1 is 1.33 bits per heavy atom. The van der Waals surface area contributed by atoms with Crippen LogP contribution in [0.5, 0.6) is 0 Å². The maximum absolute atomic E-state index is 14.2. The van der Waals surface area contributed by atoms with E-state index < -0.39 is 5.82 Å². The Bertz CT molecular complexity index is 841. The van der Waals surface area contributed by atoms with Crippen molar-refractivity contribution in [2.75, 3.05) is 6.54 Å². The second-order valence-corrected chi connectivity index (χ2v) is 5.67. The zero-order valence-electron chi connectivity index (χ0n) is 13.5. The minimum Gasteiger partial charge on any atom is -0.351 e. The third kappa shape index (κ3) is 3.19. The van der Waals surface area contributed by atoms with Crippen molar-refractivity contribution < 1.29 is 9.18 Å². The summed E-state index contributed by atoms with van der Waals surface area (Å²) in [5, 5.41) is 10.6. The largest absolute Gasteiger partial charge is 0.351 e. The predicted octanol–water partition coefficient (Wildman–Crippen LogP) is 2.28. The second-order valence-electron chi connectivity index (χ2n) is 5.67. The molecule has 3 rings (SSSR count). The van der Waals surface area contributed by atoms with Gasteiger partial charge in [-0.05, 0) is 30.3 Å². The summed E-state index contributed by atoms with van der Waals surface area (Å²) in [5.41, 5.74) is 0.692. The summed E-state index contributed by atoms with van der Waals surface area (Å²) in [6.07, 6.45) is 5.12. The van der Waals surface area contributed by atoms with Gasteiger partial charge in [0.15, 0.2) is 0 Å². The zero-order chi connectivity index (χ0) is 17.1. The maximum atomic E-state index is 14.2. The Labute approximate surface area is 138 Å². The number of hydrogen-bond donors (Lipinski definition) is 1. The monoisotopic (exact) mass is 327 g/mol. The van der Waals surface area contributed by atoms with Gasteiger partial charge in [-0.15, -0.1) is 10.2 Å². The molecule has 0 spiro atoms. The molecule has 7 heteroatoms. The van der Waals surface area contributed by atoms with E-state index in [1.807, 2.05) is 30.7 Å². The van der Waals surface area contributed by atoms with Crippen LogP contribution in [0, 0.1) is 5.82 Å². The van der Waals surface area contributed by atoms with Gasteiger partial charge in [-0.2, -0.15) is 0 Å². The van der Waals surface area contributed by atoms with Crippen LogP contribution in [-0.4, -0.2) is 31.8 Å². The molecule has 2 aromatic heterocycles. The number of hydrogen-bond acceptors (Lipinski definition) is 3. The van der Waals surface area contributed by atoms with Crippen molar-refractivity contribution in [3.63, 3.8) is 0 Å². The van der Waals surface area contributed by atoms with Crippen LogP contribution in [0.15, 0.2) is 49.1 Å². The van der Waals surface area contributed by atoms with Gasteiger partial charge < -0.3 is 14.5 Å². The number of carbonyl (C=O) groups excluding carboxylic acids is 1. The molecule has 3 aromatic rings. The molecule has 24 heavy (non-hydrogen) atoms. The lowest BCUT2D eigenvalue weighted by molar-refractivity contribution is 0.0951. The number of aryl methyl sites for hydroxylation is 1. The van der Waals surface area contributed by atoms with E-state index in [1.165, 1.54) is 6.07 Å². The van der Waals surface area contributed by atoms with Gasteiger partial charge in [-0.25, -0.2) is 4.39 Å². The molecule has 0 fully saturated rings. The number of amides is 1. The van der Waals surface area contributed by atoms with Crippen molar-refractivity contribution in [1.29, 1.82) is 0 Å². The quantitative estimate of drug-likeness (QED) is 0.782. The highest BCUT2D eigenvalue weighted by atomic mass is 19.1. The normalized spacial score (nSPS) is 12.1. The van der Waals surface area contributed by atoms with Crippen molar-refractivity contribution in [2.24, 2.45) is 7.05 Å². The van der Waals surface area contributed by atoms with E-state index in [4.69, 9.17) is 0 Å². The molecular weight excluding hydrogens is 309 g/mol. The summed E-state index contributed by atoms with van der Waals surface area (Å²) in [4.78, 5) is 12.2. The van der Waals surface area contributed by atoms with Gasteiger partial charge in [0, 0.05) is 37.5 Å². The smallest absolute Gasteiger partial charge is 0.251 e. The third-order valence-electron chi connectivity index (χ3n) is 3.85. The molecule has 1 N–H and O–H groups in total. The number of nitrogens with one attached hydrogen (secondary N) is 1. The van der Waals surface area contributed by atoms with E-state index in [0.717, 1.165) is 5.82 Å². The second kappa shape index (κ2) is 6.66. The molecule has 1 unspecified atom stereocenters. The molecule has 2 heterocycles. The third-order valence-corrected chi connectivity index (χ3v) is 3.85. The summed E-state index contributed by atoms with van der Waals surface area (Å²) < 4.78 is 17.7. The molecule has 1 atom stereocenters. The number of rotatable bonds is 5. The molecule has 0 aliphatic rings. The highest BCUT2D eigenvalue weighted by Crippen LogP contribution is 2.16. The van der Waals surface area contributed by atoms with Crippen molar-refractivity contribution in [3.8, 4) is 5.69 Å². The summed E-state index contributed by atoms with van der Waals surface area (Å²) in [6.45, 7) is 2.34. The lowest BCUT2D eigenvalue weighted by atomic mass is 10.1. The Hall–Kier alpha value is -2.96. The highest BCUT2D eigenvalue weighted by Gasteiger charge is 2.15. The fraction of sp³-hybridized carbons (Fsp3) is 0.235. The van der Waals surface area contributed by atoms with Crippen molar-refractivity contribution in [3.05, 3.63) is 66.3 Å². The van der Waals surface area contributed by atoms with Crippen LogP contribution in [0.2, 0.25) is 0 Å². The molecule has 0 bridgehead atoms. The van der Waals surface area contributed by atoms with Gasteiger partial charge in [-0.3, -0.25) is 4.79 Å². The van der Waals surface area contributed by atoms with Gasteiger partial charge in [0.05, 0.1) is 5.69 Å². The van der Waals surface area contributed by atoms with Crippen molar-refractivity contribution in [1.82, 2.24) is 24.6 Å². The Balaban J connectivity index is 1.67. The molecule has 0 aliphatic heterocycles. The molecule has 1 aromatic carbocycles. The zero-order valence-corrected chi connectivity index (χ0v) is 13.5. The first-order valence-corrected chi connectivity index (χ1v) is 7.61. The molecule has 0 saturated carbocycles. The van der Waals surface area contributed by atoms with E-state index in [2.05, 4.69) is 15.5 Å². The first-order chi connectivity index (χ1) is 11.6. The summed E-state index contributed by atoms with van der Waals surface area (Å²) in [6, 6.07) is 8.08. The number of nitrogens with zero attached hydrogens (tertiary/aromatic N) is 4. The summed E-state index contributed by atoms with van der Waals surface area (Å²) in [5.74, 6) is 0.0251. The Morgan fingerprint density at radius 2 is 2.08 bits per heavy atom. The van der Waals surface area contributed by atoms with Gasteiger partial charge in [0.25, 0.3) is 5.91 Å². The topological polar surface area (TPSA) is 64.7 Å². The number of aromatic nitrogens is 4. The molecule has 124 valence electrons. The molecule has 0 aliphatic carbocycles. The predicted molar refractivity (Wildman–Crippen MR) is 87.5 cm³/mol. The molecule has 0 radical (unpaired) electrons. The fourth-order valence-corrected chi connectivity index (χ4v) is 2.53. The van der Waals surface area contributed by atoms with Crippen LogP contribution in [0.4, 0.5) is 4.39 Å². The minimum atomic E-state index is -0.444. The molecular formula is C17H18FN5O. The highest BCUT2D eigenvalue weighted by molar-refractivity contribution is 5.94. The summed E-state index contributed by atoms with van der Waals surface area (Å²) >= 11 is 0. The SMILES string of the molecule is CC(CNC(=O)c1ccc(-n2cccc2)c(F)c1)c1nncn1C. The van der Waals surface area contributed by atoms with Gasteiger partial charge in [0.2, 0.25) is 0 Å². The van der Waals surface area contributed by atoms with Crippen LogP contribution < -0.4 is 5.32 Å². The van der Waals surface area contributed by atoms with Crippen molar-refractivity contribution >= 4 is 5.91 Å². The average molecular weight is 327 g/mol. The number of halogens is 1. The fourth-order valence-electron chi connectivity index (χ4n) is 2.53. The van der Waals surface area contributed by atoms with E-state index in [0.29, 0.717) is 12.2 Å². The van der Waals surface area contributed by atoms with Crippen LogP contribution >= 0.6 is 0 Å². The van der Waals surface area contributed by atoms with E-state index >= 15 is 0 Å². The first kappa shape index (κ1) is 15.9. The first-order valence-electron chi connectivity index (χ1n) is 7.61. The van der Waals surface area contributed by atoms with Crippen LogP contribution in [0.25, 0.3) is 5.69 Å². The van der Waals surface area contributed by atoms with Gasteiger partial charge in [-0.1, -0.05) is 6.92 Å². The molecule has 6 nitrogen and oxygen atoms in total. The molecule has 1 amide bonds. The van der Waals surface area contributed by atoms with Gasteiger partial charge >= 0.3 is 0 Å². The Morgan fingerprint density at radius 3 is 2.71 bits per heavy atom.